The Morgan fingerprint density at radius 3 is 1.54 bits per heavy atom. The molecule has 2 heterocycles. The molecule has 9 aromatic rings. The summed E-state index contributed by atoms with van der Waals surface area (Å²) in [5.41, 5.74) is 3.77. The molecule has 0 aliphatic carbocycles. The van der Waals surface area contributed by atoms with E-state index in [9.17, 15) is 15.7 Å². The molecule has 1 aliphatic heterocycles. The van der Waals surface area contributed by atoms with Crippen LogP contribution in [-0.2, 0) is 4.84 Å². The molecular weight excluding hydrogens is 1300 g/mol. The highest BCUT2D eigenvalue weighted by atomic mass is 19.0. The lowest BCUT2D eigenvalue weighted by atomic mass is 9.84. The van der Waals surface area contributed by atoms with Gasteiger partial charge in [0.2, 0.25) is 24.5 Å². The lowest BCUT2D eigenvalue weighted by Crippen LogP contribution is -2.25. The van der Waals surface area contributed by atoms with Gasteiger partial charge in [-0.05, 0) is 147 Å². The van der Waals surface area contributed by atoms with Crippen LogP contribution in [0.1, 0.15) is 187 Å². The molecule has 10 rings (SSSR count). The lowest BCUT2D eigenvalue weighted by molar-refractivity contribution is 0.0519. The van der Waals surface area contributed by atoms with Crippen LogP contribution in [0.25, 0.3) is 69.3 Å². The van der Waals surface area contributed by atoms with Gasteiger partial charge in [0.1, 0.15) is 29.1 Å². The van der Waals surface area contributed by atoms with E-state index in [-0.39, 0.29) is 54.7 Å². The number of hydrogen-bond acceptors (Lipinski definition) is 13. The van der Waals surface area contributed by atoms with Gasteiger partial charge < -0.3 is 43.6 Å². The Labute approximate surface area is 613 Å². The van der Waals surface area contributed by atoms with Gasteiger partial charge in [0, 0.05) is 63.4 Å². The van der Waals surface area contributed by atoms with Crippen LogP contribution >= 0.6 is 0 Å². The Morgan fingerprint density at radius 2 is 1.02 bits per heavy atom. The van der Waals surface area contributed by atoms with Crippen molar-refractivity contribution in [1.82, 2.24) is 10.1 Å². The number of unbranched alkanes of at least 4 members (excludes halogenated alkanes) is 5. The highest BCUT2D eigenvalue weighted by Crippen LogP contribution is 2.40. The summed E-state index contributed by atoms with van der Waals surface area (Å²) in [6.45, 7) is 20.8. The molecule has 0 amide bonds. The second kappa shape index (κ2) is 44.9. The quantitative estimate of drug-likeness (QED) is 0.0121. The molecule has 17 heteroatoms. The van der Waals surface area contributed by atoms with Gasteiger partial charge in [-0.15, -0.1) is 0 Å². The van der Waals surface area contributed by atoms with E-state index >= 15 is 0 Å². The number of nitrogens with zero attached hydrogens (tertiary/aromatic N) is 8. The molecule has 0 spiro atoms. The summed E-state index contributed by atoms with van der Waals surface area (Å²) in [6.07, 6.45) is 29.2. The normalized spacial score (nSPS) is 14.0. The van der Waals surface area contributed by atoms with E-state index in [0.717, 1.165) is 174 Å². The summed E-state index contributed by atoms with van der Waals surface area (Å²) < 4.78 is 30.4. The molecule has 1 aliphatic rings. The number of fused-ring (bicyclic) bond motifs is 4. The number of rotatable bonds is 34. The van der Waals surface area contributed by atoms with Crippen molar-refractivity contribution in [1.29, 1.82) is 10.5 Å². The first-order valence-electron chi connectivity index (χ1n) is 36.0. The first-order chi connectivity index (χ1) is 50.1. The standard InChI is InChI=1S/C55H67N5O4.C23H14N2O4.C8H13N.CH4.FH/c1-6-8-10-16-26-44(38-40(3)39-56)55-58-54(60-64-55)52-46-28-21-19-25-43(46)32-35-50(52)62-37-23-15-13-12-14-22-36-61-49-34-31-42-24-18-20-27-45(42)51(49)53-47(29-17-11-9-7-2)48(63-59-53)33-30-41(4)57-5;26-24-13-20-18-7-3-1-5-16(18)9-11-22(20)28-15-29-23-12-10-17-6-2-4-8-19(17)21(23)14-25-27;1-3-4-5-6-8(2)7-9;;/h8-11,18-21,24-25,27-28,31-32,34-35,40-41,44,47-48H,6-7,12-17,22-23,26,29-30,33,36-38H2,1-4H3;1-12H,15H2;4-5,8H,3,6H2,1-2H3;1H4;1H/b10-8+,11-9+;;;;. The topological polar surface area (TPSA) is 204 Å². The number of nitriles is 2. The molecule has 104 heavy (non-hydrogen) atoms. The second-order valence-electron chi connectivity index (χ2n) is 25.5. The maximum Gasteiger partial charge on any atom is 0.341 e. The minimum Gasteiger partial charge on any atom is -0.498 e. The van der Waals surface area contributed by atoms with Crippen LogP contribution in [0.15, 0.2) is 192 Å². The molecule has 0 fully saturated rings. The first-order valence-corrected chi connectivity index (χ1v) is 36.0. The SMILES string of the molecule is C.CCC=CCC(C)C#N.F.[C-]#[N+]C(C)CCC1ON=C(c2c(OCCCCCCCCOc3ccc4ccccc4c3-c3noc(C(CC/C=C/CC)CC(C)C#N)n3)ccc3ccccc23)C1CC/C=C/CC.[O-][N+]#Cc1c(OCOc2ccc3ccccc3c2C#[N+][O-])ccc2ccccc12. The van der Waals surface area contributed by atoms with Gasteiger partial charge in [0.25, 0.3) is 0 Å². The van der Waals surface area contributed by atoms with Crippen molar-refractivity contribution in [3.8, 4) is 58.7 Å². The van der Waals surface area contributed by atoms with E-state index in [2.05, 4.69) is 156 Å². The van der Waals surface area contributed by atoms with E-state index in [1.807, 2.05) is 99.6 Å². The third-order valence-electron chi connectivity index (χ3n) is 17.9. The Bertz CT molecular complexity index is 4460. The van der Waals surface area contributed by atoms with E-state index in [4.69, 9.17) is 50.3 Å². The summed E-state index contributed by atoms with van der Waals surface area (Å²) in [7, 11) is 0. The van der Waals surface area contributed by atoms with Gasteiger partial charge >= 0.3 is 12.1 Å². The van der Waals surface area contributed by atoms with Gasteiger partial charge in [0.15, 0.2) is 11.1 Å². The van der Waals surface area contributed by atoms with E-state index in [0.29, 0.717) is 54.0 Å². The number of allylic oxidation sites excluding steroid dienone is 6. The largest absolute Gasteiger partial charge is 0.498 e. The molecule has 16 nitrogen and oxygen atoms in total. The lowest BCUT2D eigenvalue weighted by Gasteiger charge is -2.21. The van der Waals surface area contributed by atoms with Crippen molar-refractivity contribution in [2.75, 3.05) is 20.0 Å². The summed E-state index contributed by atoms with van der Waals surface area (Å²) in [4.78, 5) is 14.8. The molecule has 0 saturated carbocycles. The molecule has 8 aromatic carbocycles. The zero-order valence-corrected chi connectivity index (χ0v) is 60.2. The average molecular weight is 1400 g/mol. The van der Waals surface area contributed by atoms with Gasteiger partial charge in [-0.25, -0.2) is 6.57 Å². The van der Waals surface area contributed by atoms with Crippen LogP contribution < -0.4 is 18.9 Å². The van der Waals surface area contributed by atoms with Gasteiger partial charge in [-0.1, -0.05) is 222 Å². The first kappa shape index (κ1) is 81.8. The fourth-order valence-corrected chi connectivity index (χ4v) is 12.4. The van der Waals surface area contributed by atoms with Gasteiger partial charge in [-0.2, -0.15) is 15.5 Å². The molecule has 0 saturated heterocycles. The Hall–Kier alpha value is -11.2. The van der Waals surface area contributed by atoms with Crippen LogP contribution in [-0.4, -0.2) is 48.0 Å². The number of hydrogen-bond donors (Lipinski definition) is 0. The number of oxime groups is 1. The monoisotopic (exact) mass is 1400 g/mol. The summed E-state index contributed by atoms with van der Waals surface area (Å²) in [5.74, 6) is 3.73. The molecule has 0 N–H and O–H groups in total. The predicted octanol–water partition coefficient (Wildman–Crippen LogP) is 23.8. The van der Waals surface area contributed by atoms with Gasteiger partial charge in [0.05, 0.1) is 36.6 Å². The zero-order valence-electron chi connectivity index (χ0n) is 60.2. The predicted molar refractivity (Wildman–Crippen MR) is 421 cm³/mol. The maximum absolute atomic E-state index is 10.8. The molecule has 6 atom stereocenters. The Morgan fingerprint density at radius 1 is 0.548 bits per heavy atom. The van der Waals surface area contributed by atoms with Gasteiger partial charge in [-0.3, -0.25) is 4.70 Å². The second-order valence-corrected chi connectivity index (χ2v) is 25.5. The minimum atomic E-state index is -0.155. The molecule has 0 bridgehead atoms. The number of aromatic nitrogens is 2. The summed E-state index contributed by atoms with van der Waals surface area (Å²) in [6, 6.07) is 56.8. The van der Waals surface area contributed by atoms with E-state index in [1.165, 1.54) is 0 Å². The molecule has 542 valence electrons. The highest BCUT2D eigenvalue weighted by Gasteiger charge is 2.37. The smallest absolute Gasteiger partial charge is 0.341 e. The third kappa shape index (κ3) is 23.7. The van der Waals surface area contributed by atoms with Crippen LogP contribution in [0.5, 0.6) is 23.0 Å². The fraction of sp³-hybridized carbons (Fsp3) is 0.379. The molecule has 1 aromatic heterocycles. The average Bonchev–Trinajstić information content (AvgIpc) is 1.44. The summed E-state index contributed by atoms with van der Waals surface area (Å²) in [5, 5.41) is 62.2. The molecule has 6 unspecified atom stereocenters. The van der Waals surface area contributed by atoms with Crippen molar-refractivity contribution < 1.29 is 33.0 Å². The molecule has 0 radical (unpaired) electrons. The van der Waals surface area contributed by atoms with Crippen LogP contribution in [0.2, 0.25) is 0 Å². The minimum absolute atomic E-state index is 0. The Kier molecular flexibility index (Phi) is 35.3. The maximum atomic E-state index is 10.8. The number of benzene rings is 8. The van der Waals surface area contributed by atoms with Crippen LogP contribution in [0.3, 0.4) is 0 Å². The van der Waals surface area contributed by atoms with Crippen molar-refractivity contribution in [3.05, 3.63) is 236 Å². The zero-order chi connectivity index (χ0) is 72.1. The fourth-order valence-electron chi connectivity index (χ4n) is 12.4. The van der Waals surface area contributed by atoms with Crippen molar-refractivity contribution in [2.24, 2.45) is 22.9 Å². The number of halogens is 1. The number of ether oxygens (including phenoxy) is 4. The van der Waals surface area contributed by atoms with E-state index < -0.39 is 0 Å². The summed E-state index contributed by atoms with van der Waals surface area (Å²) >= 11 is 0. The van der Waals surface area contributed by atoms with Crippen molar-refractivity contribution in [3.63, 3.8) is 0 Å². The van der Waals surface area contributed by atoms with Crippen molar-refractivity contribution in [2.45, 2.75) is 176 Å². The van der Waals surface area contributed by atoms with Crippen molar-refractivity contribution >= 4 is 48.8 Å². The van der Waals surface area contributed by atoms with E-state index in [1.54, 1.807) is 12.1 Å². The van der Waals surface area contributed by atoms with Crippen LogP contribution in [0, 0.1) is 69.5 Å². The molecular formula is C87H99FN8O8. The third-order valence-corrected chi connectivity index (χ3v) is 17.9. The Balaban J connectivity index is 0.000000348. The van der Waals surface area contributed by atoms with Crippen LogP contribution in [0.4, 0.5) is 4.70 Å². The highest BCUT2D eigenvalue weighted by molar-refractivity contribution is 6.14.